The summed E-state index contributed by atoms with van der Waals surface area (Å²) in [5, 5.41) is 2.52. The molecule has 0 bridgehead atoms. The van der Waals surface area contributed by atoms with Crippen molar-refractivity contribution in [2.45, 2.75) is 64.2 Å². The first-order valence-corrected chi connectivity index (χ1v) is 22.6. The van der Waals surface area contributed by atoms with Gasteiger partial charge >= 0.3 is 0 Å². The molecule has 0 amide bonds. The molecule has 1 aliphatic carbocycles. The molecule has 0 spiro atoms. The van der Waals surface area contributed by atoms with Crippen LogP contribution in [0.2, 0.25) is 0 Å². The van der Waals surface area contributed by atoms with Crippen LogP contribution in [0.1, 0.15) is 80.3 Å². The van der Waals surface area contributed by atoms with Crippen LogP contribution in [0.4, 0.5) is 17.1 Å². The Bertz CT molecular complexity index is 3040. The minimum atomic E-state index is -0.0846. The number of anilines is 3. The van der Waals surface area contributed by atoms with Crippen LogP contribution in [0, 0.1) is 0 Å². The Morgan fingerprint density at radius 1 is 0.476 bits per heavy atom. The van der Waals surface area contributed by atoms with Crippen LogP contribution < -0.4 is 4.90 Å². The topological polar surface area (TPSA) is 3.24 Å². The summed E-state index contributed by atoms with van der Waals surface area (Å²) in [6, 6.07) is 79.0. The molecule has 0 heterocycles. The van der Waals surface area contributed by atoms with Gasteiger partial charge in [0.15, 0.2) is 0 Å². The van der Waals surface area contributed by atoms with Gasteiger partial charge in [0.1, 0.15) is 0 Å². The molecule has 0 radical (unpaired) electrons. The Morgan fingerprint density at radius 2 is 1.08 bits per heavy atom. The molecule has 9 aromatic carbocycles. The predicted molar refractivity (Wildman–Crippen MR) is 269 cm³/mol. The first-order valence-electron chi connectivity index (χ1n) is 22.6. The number of hydrogen-bond acceptors (Lipinski definition) is 1. The second-order valence-corrected chi connectivity index (χ2v) is 18.9. The van der Waals surface area contributed by atoms with Crippen molar-refractivity contribution in [2.75, 3.05) is 4.90 Å². The molecule has 0 saturated carbocycles. The van der Waals surface area contributed by atoms with Crippen molar-refractivity contribution in [2.24, 2.45) is 0 Å². The Balaban J connectivity index is 1.12. The molecule has 0 aliphatic heterocycles. The standard InChI is InChI=1S/C62H55N/c1-61(2,3)49-40-48(35-38-52(43-20-9-6-10-21-43)47-34-39-56-55-29-17-18-31-57(55)62(4,5)58(56)41-47)60(46-23-11-7-12-24-46)59(42-49)63(50-26-13-8-14-27-50)51-36-32-45(33-37-51)54-30-19-25-44-22-15-16-28-53(44)54/h6-34,36-37,39-42,52H,35,38H2,1-5H3. The van der Waals surface area contributed by atoms with Gasteiger partial charge in [-0.25, -0.2) is 0 Å². The lowest BCUT2D eigenvalue weighted by Gasteiger charge is -2.32. The summed E-state index contributed by atoms with van der Waals surface area (Å²) in [6.45, 7) is 11.8. The summed E-state index contributed by atoms with van der Waals surface area (Å²) < 4.78 is 0. The molecule has 0 saturated heterocycles. The molecule has 1 aliphatic rings. The van der Waals surface area contributed by atoms with Crippen molar-refractivity contribution in [3.63, 3.8) is 0 Å². The van der Waals surface area contributed by atoms with Gasteiger partial charge in [-0.1, -0.05) is 217 Å². The third kappa shape index (κ3) is 7.57. The number of para-hydroxylation sites is 1. The fourth-order valence-corrected chi connectivity index (χ4v) is 10.2. The maximum atomic E-state index is 2.53. The lowest BCUT2D eigenvalue weighted by atomic mass is 9.78. The van der Waals surface area contributed by atoms with Crippen molar-refractivity contribution in [1.29, 1.82) is 0 Å². The monoisotopic (exact) mass is 813 g/mol. The third-order valence-corrected chi connectivity index (χ3v) is 13.5. The van der Waals surface area contributed by atoms with Gasteiger partial charge in [0, 0.05) is 28.3 Å². The van der Waals surface area contributed by atoms with Crippen molar-refractivity contribution in [3.8, 4) is 33.4 Å². The van der Waals surface area contributed by atoms with Crippen LogP contribution in [-0.4, -0.2) is 0 Å². The maximum Gasteiger partial charge on any atom is 0.0545 e. The van der Waals surface area contributed by atoms with Crippen LogP contribution in [-0.2, 0) is 17.3 Å². The van der Waals surface area contributed by atoms with E-state index in [0.717, 1.165) is 24.2 Å². The second kappa shape index (κ2) is 16.4. The largest absolute Gasteiger partial charge is 0.310 e. The Kier molecular flexibility index (Phi) is 10.4. The number of hydrogen-bond donors (Lipinski definition) is 0. The van der Waals surface area contributed by atoms with Gasteiger partial charge in [0.2, 0.25) is 0 Å². The molecular formula is C62H55N. The van der Waals surface area contributed by atoms with E-state index in [9.17, 15) is 0 Å². The molecule has 1 nitrogen and oxygen atoms in total. The van der Waals surface area contributed by atoms with Crippen LogP contribution in [0.3, 0.4) is 0 Å². The number of nitrogens with zero attached hydrogens (tertiary/aromatic N) is 1. The molecule has 1 atom stereocenters. The first-order chi connectivity index (χ1) is 30.6. The second-order valence-electron chi connectivity index (χ2n) is 18.9. The van der Waals surface area contributed by atoms with E-state index in [1.807, 2.05) is 0 Å². The highest BCUT2D eigenvalue weighted by molar-refractivity contribution is 5.97. The normalized spacial score (nSPS) is 13.3. The van der Waals surface area contributed by atoms with Crippen LogP contribution in [0.15, 0.2) is 212 Å². The SMILES string of the molecule is CC(C)(C)c1cc(CCC(c2ccccc2)c2ccc3c(c2)C(C)(C)c2ccccc2-3)c(-c2ccccc2)c(N(c2ccccc2)c2ccc(-c3cccc4ccccc34)cc2)c1. The molecule has 1 unspecified atom stereocenters. The third-order valence-electron chi connectivity index (χ3n) is 13.5. The molecule has 0 fully saturated rings. The van der Waals surface area contributed by atoms with Gasteiger partial charge in [-0.15, -0.1) is 0 Å². The van der Waals surface area contributed by atoms with Crippen LogP contribution in [0.5, 0.6) is 0 Å². The summed E-state index contributed by atoms with van der Waals surface area (Å²) in [5.74, 6) is 0.216. The Labute approximate surface area is 374 Å². The lowest BCUT2D eigenvalue weighted by molar-refractivity contribution is 0.588. The van der Waals surface area contributed by atoms with E-state index in [2.05, 4.69) is 252 Å². The quantitative estimate of drug-likeness (QED) is 0.133. The van der Waals surface area contributed by atoms with E-state index in [0.29, 0.717) is 0 Å². The summed E-state index contributed by atoms with van der Waals surface area (Å²) >= 11 is 0. The van der Waals surface area contributed by atoms with E-state index in [-0.39, 0.29) is 16.7 Å². The van der Waals surface area contributed by atoms with Gasteiger partial charge in [-0.05, 0) is 121 Å². The number of fused-ring (bicyclic) bond motifs is 4. The first kappa shape index (κ1) is 40.1. The molecule has 63 heavy (non-hydrogen) atoms. The average molecular weight is 814 g/mol. The zero-order valence-corrected chi connectivity index (χ0v) is 37.1. The maximum absolute atomic E-state index is 2.53. The van der Waals surface area contributed by atoms with Gasteiger partial charge in [0.25, 0.3) is 0 Å². The van der Waals surface area contributed by atoms with E-state index in [1.54, 1.807) is 0 Å². The lowest BCUT2D eigenvalue weighted by Crippen LogP contribution is -2.17. The number of rotatable bonds is 10. The number of benzene rings is 9. The summed E-state index contributed by atoms with van der Waals surface area (Å²) in [4.78, 5) is 2.49. The van der Waals surface area contributed by atoms with Crippen molar-refractivity contribution in [3.05, 3.63) is 246 Å². The average Bonchev–Trinajstić information content (AvgIpc) is 3.55. The summed E-state index contributed by atoms with van der Waals surface area (Å²) in [6.07, 6.45) is 1.87. The molecule has 10 rings (SSSR count). The zero-order valence-electron chi connectivity index (χ0n) is 37.1. The van der Waals surface area contributed by atoms with Crippen molar-refractivity contribution < 1.29 is 0 Å². The highest BCUT2D eigenvalue weighted by Gasteiger charge is 2.36. The van der Waals surface area contributed by atoms with Gasteiger partial charge in [-0.2, -0.15) is 0 Å². The van der Waals surface area contributed by atoms with Gasteiger partial charge in [0.05, 0.1) is 5.69 Å². The van der Waals surface area contributed by atoms with Crippen LogP contribution in [0.25, 0.3) is 44.2 Å². The number of aryl methyl sites for hydroxylation is 1. The van der Waals surface area contributed by atoms with Crippen molar-refractivity contribution in [1.82, 2.24) is 0 Å². The molecule has 0 aromatic heterocycles. The molecular weight excluding hydrogens is 759 g/mol. The zero-order chi connectivity index (χ0) is 43.1. The Morgan fingerprint density at radius 3 is 1.83 bits per heavy atom. The molecule has 308 valence electrons. The molecule has 1 heteroatoms. The van der Waals surface area contributed by atoms with Gasteiger partial charge < -0.3 is 4.90 Å². The van der Waals surface area contributed by atoms with E-state index >= 15 is 0 Å². The Hall–Kier alpha value is -6.96. The summed E-state index contributed by atoms with van der Waals surface area (Å²) in [5.41, 5.74) is 19.3. The fraction of sp³-hybridized carbons (Fsp3) is 0.161. The van der Waals surface area contributed by atoms with E-state index in [4.69, 9.17) is 0 Å². The van der Waals surface area contributed by atoms with E-state index in [1.165, 1.54) is 83.2 Å². The summed E-state index contributed by atoms with van der Waals surface area (Å²) in [7, 11) is 0. The minimum Gasteiger partial charge on any atom is -0.310 e. The highest BCUT2D eigenvalue weighted by Crippen LogP contribution is 2.50. The molecule has 0 N–H and O–H groups in total. The smallest absolute Gasteiger partial charge is 0.0545 e. The molecule has 9 aromatic rings. The fourth-order valence-electron chi connectivity index (χ4n) is 10.2. The van der Waals surface area contributed by atoms with Crippen molar-refractivity contribution >= 4 is 27.8 Å². The highest BCUT2D eigenvalue weighted by atomic mass is 15.1. The van der Waals surface area contributed by atoms with E-state index < -0.39 is 0 Å². The van der Waals surface area contributed by atoms with Gasteiger partial charge in [-0.3, -0.25) is 0 Å². The predicted octanol–water partition coefficient (Wildman–Crippen LogP) is 17.0. The van der Waals surface area contributed by atoms with Crippen LogP contribution >= 0.6 is 0 Å². The minimum absolute atomic E-state index is 0.0619.